The predicted octanol–water partition coefficient (Wildman–Crippen LogP) is 4.00. The van der Waals surface area contributed by atoms with Crippen LogP contribution in [0.2, 0.25) is 0 Å². The Morgan fingerprint density at radius 1 is 1.26 bits per heavy atom. The van der Waals surface area contributed by atoms with Crippen molar-refractivity contribution in [2.24, 2.45) is 0 Å². The molecule has 138 valence electrons. The number of aryl methyl sites for hydroxylation is 1. The molecule has 0 bridgehead atoms. The lowest BCUT2D eigenvalue weighted by Gasteiger charge is -2.28. The quantitative estimate of drug-likeness (QED) is 0.653. The van der Waals surface area contributed by atoms with Crippen LogP contribution in [0.4, 0.5) is 5.82 Å². The Morgan fingerprint density at radius 2 is 2.07 bits per heavy atom. The van der Waals surface area contributed by atoms with E-state index in [1.807, 2.05) is 6.07 Å². The molecule has 0 N–H and O–H groups in total. The number of fused-ring (bicyclic) bond motifs is 1. The molecule has 0 spiro atoms. The van der Waals surface area contributed by atoms with Gasteiger partial charge in [0.2, 0.25) is 5.71 Å². The molecule has 1 aliphatic heterocycles. The number of esters is 1. The van der Waals surface area contributed by atoms with Crippen molar-refractivity contribution >= 4 is 28.5 Å². The van der Waals surface area contributed by atoms with Gasteiger partial charge in [0.25, 0.3) is 0 Å². The topological polar surface area (TPSA) is 68.5 Å². The maximum Gasteiger partial charge on any atom is 0.342 e. The molecule has 0 aliphatic carbocycles. The molecular formula is C21H21N3O3. The SMILES string of the molecule is CCOC(=O)c1c(C)oc2ncnc(N3CC=C(c4ccccc4)CC3)c12. The Labute approximate surface area is 157 Å². The summed E-state index contributed by atoms with van der Waals surface area (Å²) in [5, 5.41) is 0.630. The summed E-state index contributed by atoms with van der Waals surface area (Å²) >= 11 is 0. The van der Waals surface area contributed by atoms with E-state index in [0.29, 0.717) is 41.4 Å². The first-order valence-electron chi connectivity index (χ1n) is 9.09. The molecule has 0 amide bonds. The first kappa shape index (κ1) is 17.3. The molecule has 3 heterocycles. The molecule has 0 radical (unpaired) electrons. The fraction of sp³-hybridized carbons (Fsp3) is 0.286. The summed E-state index contributed by atoms with van der Waals surface area (Å²) in [6.07, 6.45) is 4.59. The standard InChI is InChI=1S/C21H21N3O3/c1-3-26-21(25)17-14(2)27-20-18(17)19(22-13-23-20)24-11-9-16(10-12-24)15-7-5-4-6-8-15/h4-9,13H,3,10-12H2,1-2H3. The number of anilines is 1. The van der Waals surface area contributed by atoms with Crippen molar-refractivity contribution in [1.29, 1.82) is 0 Å². The Morgan fingerprint density at radius 3 is 2.78 bits per heavy atom. The lowest BCUT2D eigenvalue weighted by atomic mass is 9.99. The normalized spacial score (nSPS) is 14.3. The van der Waals surface area contributed by atoms with Crippen LogP contribution in [0, 0.1) is 6.92 Å². The van der Waals surface area contributed by atoms with Crippen molar-refractivity contribution in [1.82, 2.24) is 9.97 Å². The second kappa shape index (κ2) is 7.23. The van der Waals surface area contributed by atoms with Gasteiger partial charge in [-0.25, -0.2) is 14.8 Å². The fourth-order valence-electron chi connectivity index (χ4n) is 3.49. The summed E-state index contributed by atoms with van der Waals surface area (Å²) in [7, 11) is 0. The van der Waals surface area contributed by atoms with Crippen molar-refractivity contribution in [3.05, 3.63) is 59.6 Å². The summed E-state index contributed by atoms with van der Waals surface area (Å²) in [6.45, 7) is 5.36. The number of hydrogen-bond donors (Lipinski definition) is 0. The zero-order valence-electron chi connectivity index (χ0n) is 15.4. The molecular weight excluding hydrogens is 342 g/mol. The van der Waals surface area contributed by atoms with E-state index >= 15 is 0 Å². The molecule has 6 nitrogen and oxygen atoms in total. The highest BCUT2D eigenvalue weighted by molar-refractivity contribution is 6.08. The van der Waals surface area contributed by atoms with Crippen LogP contribution in [0.15, 0.2) is 47.2 Å². The third kappa shape index (κ3) is 3.18. The van der Waals surface area contributed by atoms with Crippen molar-refractivity contribution in [2.75, 3.05) is 24.6 Å². The maximum absolute atomic E-state index is 12.4. The summed E-state index contributed by atoms with van der Waals surface area (Å²) in [4.78, 5) is 23.2. The van der Waals surface area contributed by atoms with Crippen LogP contribution in [-0.4, -0.2) is 35.6 Å². The van der Waals surface area contributed by atoms with E-state index in [-0.39, 0.29) is 0 Å². The van der Waals surface area contributed by atoms with Gasteiger partial charge in [-0.3, -0.25) is 0 Å². The van der Waals surface area contributed by atoms with Crippen LogP contribution < -0.4 is 4.90 Å². The van der Waals surface area contributed by atoms with Gasteiger partial charge in [0, 0.05) is 13.1 Å². The second-order valence-electron chi connectivity index (χ2n) is 6.42. The third-order valence-corrected chi connectivity index (χ3v) is 4.78. The van der Waals surface area contributed by atoms with Crippen molar-refractivity contribution < 1.29 is 13.9 Å². The van der Waals surface area contributed by atoms with E-state index in [2.05, 4.69) is 45.2 Å². The van der Waals surface area contributed by atoms with Gasteiger partial charge in [0.05, 0.1) is 12.0 Å². The van der Waals surface area contributed by atoms with E-state index in [1.54, 1.807) is 13.8 Å². The van der Waals surface area contributed by atoms with Gasteiger partial charge in [0.15, 0.2) is 0 Å². The molecule has 2 aromatic heterocycles. The predicted molar refractivity (Wildman–Crippen MR) is 104 cm³/mol. The smallest absolute Gasteiger partial charge is 0.342 e. The number of rotatable bonds is 4. The van der Waals surface area contributed by atoms with Gasteiger partial charge in [-0.2, -0.15) is 0 Å². The summed E-state index contributed by atoms with van der Waals surface area (Å²) in [5.74, 6) is 0.813. The average molecular weight is 363 g/mol. The van der Waals surface area contributed by atoms with Gasteiger partial charge in [-0.1, -0.05) is 36.4 Å². The lowest BCUT2D eigenvalue weighted by molar-refractivity contribution is 0.0526. The number of ether oxygens (including phenoxy) is 1. The number of furan rings is 1. The van der Waals surface area contributed by atoms with Gasteiger partial charge in [0.1, 0.15) is 23.5 Å². The number of carbonyl (C=O) groups excluding carboxylic acids is 1. The van der Waals surface area contributed by atoms with E-state index in [0.717, 1.165) is 13.0 Å². The number of hydrogen-bond acceptors (Lipinski definition) is 6. The lowest BCUT2D eigenvalue weighted by Crippen LogP contribution is -2.29. The largest absolute Gasteiger partial charge is 0.462 e. The van der Waals surface area contributed by atoms with Crippen molar-refractivity contribution in [3.63, 3.8) is 0 Å². The van der Waals surface area contributed by atoms with Crippen molar-refractivity contribution in [3.8, 4) is 0 Å². The van der Waals surface area contributed by atoms with Gasteiger partial charge >= 0.3 is 5.97 Å². The van der Waals surface area contributed by atoms with Crippen LogP contribution in [0.25, 0.3) is 16.7 Å². The zero-order chi connectivity index (χ0) is 18.8. The summed E-state index contributed by atoms with van der Waals surface area (Å²) in [5.41, 5.74) is 3.40. The van der Waals surface area contributed by atoms with Crippen LogP contribution >= 0.6 is 0 Å². The molecule has 3 aromatic rings. The summed E-state index contributed by atoms with van der Waals surface area (Å²) < 4.78 is 10.9. The molecule has 6 heteroatoms. The third-order valence-electron chi connectivity index (χ3n) is 4.78. The van der Waals surface area contributed by atoms with E-state index in [9.17, 15) is 4.79 Å². The molecule has 27 heavy (non-hydrogen) atoms. The number of nitrogens with zero attached hydrogens (tertiary/aromatic N) is 3. The first-order chi connectivity index (χ1) is 13.2. The molecule has 1 aliphatic rings. The maximum atomic E-state index is 12.4. The number of benzene rings is 1. The molecule has 0 unspecified atom stereocenters. The first-order valence-corrected chi connectivity index (χ1v) is 9.09. The minimum absolute atomic E-state index is 0.306. The highest BCUT2D eigenvalue weighted by atomic mass is 16.5. The fourth-order valence-corrected chi connectivity index (χ4v) is 3.49. The van der Waals surface area contributed by atoms with Gasteiger partial charge < -0.3 is 14.1 Å². The molecule has 0 atom stereocenters. The Hall–Kier alpha value is -3.15. The zero-order valence-corrected chi connectivity index (χ0v) is 15.4. The highest BCUT2D eigenvalue weighted by Crippen LogP contribution is 2.33. The Bertz CT molecular complexity index is 1010. The van der Waals surface area contributed by atoms with Crippen LogP contribution in [0.5, 0.6) is 0 Å². The second-order valence-corrected chi connectivity index (χ2v) is 6.42. The van der Waals surface area contributed by atoms with Crippen molar-refractivity contribution in [2.45, 2.75) is 20.3 Å². The monoisotopic (exact) mass is 363 g/mol. The van der Waals surface area contributed by atoms with Gasteiger partial charge in [-0.05, 0) is 31.4 Å². The number of aromatic nitrogens is 2. The Kier molecular flexibility index (Phi) is 4.62. The van der Waals surface area contributed by atoms with E-state index in [4.69, 9.17) is 9.15 Å². The van der Waals surface area contributed by atoms with E-state index < -0.39 is 5.97 Å². The van der Waals surface area contributed by atoms with E-state index in [1.165, 1.54) is 17.5 Å². The minimum Gasteiger partial charge on any atom is -0.462 e. The molecule has 0 saturated carbocycles. The number of carbonyl (C=O) groups is 1. The van der Waals surface area contributed by atoms with Gasteiger partial charge in [-0.15, -0.1) is 0 Å². The molecule has 0 fully saturated rings. The van der Waals surface area contributed by atoms with Crippen LogP contribution in [0.3, 0.4) is 0 Å². The van der Waals surface area contributed by atoms with Crippen LogP contribution in [0.1, 0.15) is 35.0 Å². The summed E-state index contributed by atoms with van der Waals surface area (Å²) in [6, 6.07) is 10.4. The highest BCUT2D eigenvalue weighted by Gasteiger charge is 2.26. The molecule has 4 rings (SSSR count). The molecule has 1 aromatic carbocycles. The van der Waals surface area contributed by atoms with Crippen LogP contribution in [-0.2, 0) is 4.74 Å². The molecule has 0 saturated heterocycles. The minimum atomic E-state index is -0.401. The average Bonchev–Trinajstić information content (AvgIpc) is 3.05. The Balaban J connectivity index is 1.71.